The maximum Gasteiger partial charge on any atom is 0.303 e. The van der Waals surface area contributed by atoms with Crippen LogP contribution in [0.1, 0.15) is 12.5 Å². The Labute approximate surface area is 122 Å². The number of carbonyl (C=O) groups excluding carboxylic acids is 2. The minimum atomic E-state index is -0.464. The molecule has 2 rings (SSSR count). The zero-order chi connectivity index (χ0) is 15.2. The van der Waals surface area contributed by atoms with E-state index in [-0.39, 0.29) is 12.5 Å². The first-order valence-electron chi connectivity index (χ1n) is 6.64. The molecule has 1 aromatic heterocycles. The smallest absolute Gasteiger partial charge is 0.303 e. The van der Waals surface area contributed by atoms with Gasteiger partial charge in [0.2, 0.25) is 0 Å². The first kappa shape index (κ1) is 14.9. The lowest BCUT2D eigenvalue weighted by Crippen LogP contribution is -2.30. The first-order chi connectivity index (χ1) is 10.1. The molecule has 0 bridgehead atoms. The van der Waals surface area contributed by atoms with Crippen molar-refractivity contribution in [3.8, 4) is 5.75 Å². The van der Waals surface area contributed by atoms with Crippen molar-refractivity contribution in [1.82, 2.24) is 10.3 Å². The van der Waals surface area contributed by atoms with Crippen LogP contribution in [0.4, 0.5) is 0 Å². The molecule has 6 nitrogen and oxygen atoms in total. The Morgan fingerprint density at radius 2 is 2.14 bits per heavy atom. The number of carbonyl (C=O) groups is 2. The third-order valence-electron chi connectivity index (χ3n) is 3.10. The Balaban J connectivity index is 1.91. The lowest BCUT2D eigenvalue weighted by Gasteiger charge is -2.05. The van der Waals surface area contributed by atoms with Gasteiger partial charge in [0.1, 0.15) is 5.75 Å². The molecule has 1 heterocycles. The van der Waals surface area contributed by atoms with Gasteiger partial charge < -0.3 is 19.8 Å². The second-order valence-electron chi connectivity index (χ2n) is 4.61. The number of H-pyrrole nitrogens is 1. The molecule has 2 N–H and O–H groups in total. The van der Waals surface area contributed by atoms with Gasteiger partial charge in [0.25, 0.3) is 5.91 Å². The summed E-state index contributed by atoms with van der Waals surface area (Å²) < 4.78 is 9.83. The second kappa shape index (κ2) is 6.78. The summed E-state index contributed by atoms with van der Waals surface area (Å²) in [6, 6.07) is 5.81. The highest BCUT2D eigenvalue weighted by Gasteiger charge is 2.07. The van der Waals surface area contributed by atoms with E-state index in [4.69, 9.17) is 4.74 Å². The van der Waals surface area contributed by atoms with Crippen LogP contribution in [-0.2, 0) is 20.7 Å². The van der Waals surface area contributed by atoms with E-state index in [1.807, 2.05) is 24.4 Å². The molecular formula is C15H18N2O4. The van der Waals surface area contributed by atoms with Gasteiger partial charge in [-0.05, 0) is 30.2 Å². The molecule has 0 saturated carbocycles. The molecule has 21 heavy (non-hydrogen) atoms. The zero-order valence-electron chi connectivity index (χ0n) is 12.1. The van der Waals surface area contributed by atoms with E-state index in [2.05, 4.69) is 15.0 Å². The van der Waals surface area contributed by atoms with E-state index in [1.165, 1.54) is 6.92 Å². The topological polar surface area (TPSA) is 80.4 Å². The van der Waals surface area contributed by atoms with Gasteiger partial charge >= 0.3 is 5.97 Å². The predicted molar refractivity (Wildman–Crippen MR) is 78.2 cm³/mol. The first-order valence-corrected chi connectivity index (χ1v) is 6.64. The number of ether oxygens (including phenoxy) is 2. The van der Waals surface area contributed by atoms with Gasteiger partial charge in [-0.3, -0.25) is 9.59 Å². The molecule has 0 saturated heterocycles. The number of benzene rings is 1. The summed E-state index contributed by atoms with van der Waals surface area (Å²) >= 11 is 0. The fourth-order valence-electron chi connectivity index (χ4n) is 2.05. The number of hydrogen-bond donors (Lipinski definition) is 2. The largest absolute Gasteiger partial charge is 0.497 e. The molecule has 0 aliphatic rings. The molecular weight excluding hydrogens is 272 g/mol. The third-order valence-corrected chi connectivity index (χ3v) is 3.10. The number of aromatic amines is 1. The number of esters is 1. The highest BCUT2D eigenvalue weighted by Crippen LogP contribution is 2.23. The normalized spacial score (nSPS) is 10.4. The van der Waals surface area contributed by atoms with E-state index in [0.717, 1.165) is 22.2 Å². The van der Waals surface area contributed by atoms with Crippen LogP contribution in [0.3, 0.4) is 0 Å². The van der Waals surface area contributed by atoms with Gasteiger partial charge in [0.15, 0.2) is 6.61 Å². The molecule has 0 fully saturated rings. The van der Waals surface area contributed by atoms with Crippen LogP contribution >= 0.6 is 0 Å². The van der Waals surface area contributed by atoms with Crippen LogP contribution in [0.25, 0.3) is 10.9 Å². The average molecular weight is 290 g/mol. The summed E-state index contributed by atoms with van der Waals surface area (Å²) in [5.74, 6) is 0.0266. The Kier molecular flexibility index (Phi) is 4.81. The van der Waals surface area contributed by atoms with E-state index < -0.39 is 5.97 Å². The SMILES string of the molecule is COc1ccc2[nH]cc(CCNC(=O)COC(C)=O)c2c1. The molecule has 6 heteroatoms. The summed E-state index contributed by atoms with van der Waals surface area (Å²) in [5.41, 5.74) is 2.12. The fraction of sp³-hybridized carbons (Fsp3) is 0.333. The van der Waals surface area contributed by atoms with E-state index in [0.29, 0.717) is 13.0 Å². The molecule has 0 aliphatic carbocycles. The van der Waals surface area contributed by atoms with Gasteiger partial charge in [-0.2, -0.15) is 0 Å². The van der Waals surface area contributed by atoms with Crippen LogP contribution in [0.5, 0.6) is 5.75 Å². The van der Waals surface area contributed by atoms with Crippen molar-refractivity contribution in [2.45, 2.75) is 13.3 Å². The van der Waals surface area contributed by atoms with Crippen LogP contribution in [0, 0.1) is 0 Å². The number of amides is 1. The number of fused-ring (bicyclic) bond motifs is 1. The monoisotopic (exact) mass is 290 g/mol. The molecule has 1 aromatic carbocycles. The van der Waals surface area contributed by atoms with Crippen molar-refractivity contribution in [2.75, 3.05) is 20.3 Å². The van der Waals surface area contributed by atoms with Crippen molar-refractivity contribution in [1.29, 1.82) is 0 Å². The minimum Gasteiger partial charge on any atom is -0.497 e. The summed E-state index contributed by atoms with van der Waals surface area (Å²) in [6.07, 6.45) is 2.60. The van der Waals surface area contributed by atoms with Crippen LogP contribution in [0.15, 0.2) is 24.4 Å². The molecule has 0 aliphatic heterocycles. The van der Waals surface area contributed by atoms with Gasteiger partial charge in [-0.1, -0.05) is 0 Å². The number of methoxy groups -OCH3 is 1. The van der Waals surface area contributed by atoms with E-state index in [1.54, 1.807) is 7.11 Å². The number of rotatable bonds is 6. The van der Waals surface area contributed by atoms with Crippen molar-refractivity contribution in [2.24, 2.45) is 0 Å². The number of hydrogen-bond acceptors (Lipinski definition) is 4. The van der Waals surface area contributed by atoms with E-state index >= 15 is 0 Å². The van der Waals surface area contributed by atoms with Gasteiger partial charge in [0, 0.05) is 30.6 Å². The zero-order valence-corrected chi connectivity index (χ0v) is 12.1. The van der Waals surface area contributed by atoms with Gasteiger partial charge in [-0.25, -0.2) is 0 Å². The summed E-state index contributed by atoms with van der Waals surface area (Å²) in [4.78, 5) is 25.2. The average Bonchev–Trinajstić information content (AvgIpc) is 2.87. The summed E-state index contributed by atoms with van der Waals surface area (Å²) in [7, 11) is 1.63. The number of aromatic nitrogens is 1. The minimum absolute atomic E-state index is 0.239. The Morgan fingerprint density at radius 3 is 2.86 bits per heavy atom. The summed E-state index contributed by atoms with van der Waals surface area (Å²) in [6.45, 7) is 1.51. The Bertz CT molecular complexity index is 648. The molecule has 0 radical (unpaired) electrons. The lowest BCUT2D eigenvalue weighted by atomic mass is 10.1. The van der Waals surface area contributed by atoms with Crippen molar-refractivity contribution in [3.05, 3.63) is 30.0 Å². The van der Waals surface area contributed by atoms with Gasteiger partial charge in [0.05, 0.1) is 7.11 Å². The van der Waals surface area contributed by atoms with Crippen LogP contribution in [-0.4, -0.2) is 37.1 Å². The highest BCUT2D eigenvalue weighted by atomic mass is 16.5. The van der Waals surface area contributed by atoms with Crippen LogP contribution in [0.2, 0.25) is 0 Å². The van der Waals surface area contributed by atoms with Gasteiger partial charge in [-0.15, -0.1) is 0 Å². The molecule has 0 unspecified atom stereocenters. The Hall–Kier alpha value is -2.50. The Morgan fingerprint density at radius 1 is 1.33 bits per heavy atom. The van der Waals surface area contributed by atoms with Crippen molar-refractivity contribution >= 4 is 22.8 Å². The molecule has 2 aromatic rings. The standard InChI is InChI=1S/C15H18N2O4/c1-10(18)21-9-15(19)16-6-5-11-8-17-14-4-3-12(20-2)7-13(11)14/h3-4,7-8,17H,5-6,9H2,1-2H3,(H,16,19). The van der Waals surface area contributed by atoms with Crippen molar-refractivity contribution in [3.63, 3.8) is 0 Å². The van der Waals surface area contributed by atoms with E-state index in [9.17, 15) is 9.59 Å². The van der Waals surface area contributed by atoms with Crippen molar-refractivity contribution < 1.29 is 19.1 Å². The quantitative estimate of drug-likeness (QED) is 0.788. The number of nitrogens with one attached hydrogen (secondary N) is 2. The molecule has 112 valence electrons. The third kappa shape index (κ3) is 3.98. The maximum absolute atomic E-state index is 11.4. The maximum atomic E-state index is 11.4. The highest BCUT2D eigenvalue weighted by molar-refractivity contribution is 5.85. The molecule has 0 spiro atoms. The molecule has 0 atom stereocenters. The lowest BCUT2D eigenvalue weighted by molar-refractivity contribution is -0.146. The second-order valence-corrected chi connectivity index (χ2v) is 4.61. The fourth-order valence-corrected chi connectivity index (χ4v) is 2.05. The predicted octanol–water partition coefficient (Wildman–Crippen LogP) is 1.40. The molecule has 1 amide bonds. The summed E-state index contributed by atoms with van der Waals surface area (Å²) in [5, 5.41) is 3.78. The van der Waals surface area contributed by atoms with Crippen LogP contribution < -0.4 is 10.1 Å².